The second-order valence-electron chi connectivity index (χ2n) is 6.45. The third-order valence-electron chi connectivity index (χ3n) is 4.01. The monoisotopic (exact) mass is 449 g/mol. The van der Waals surface area contributed by atoms with Crippen LogP contribution in [-0.2, 0) is 16.0 Å². The molecule has 0 radical (unpaired) electrons. The molecule has 0 spiro atoms. The summed E-state index contributed by atoms with van der Waals surface area (Å²) in [6.45, 7) is 2.22. The molecule has 0 saturated carbocycles. The van der Waals surface area contributed by atoms with Crippen LogP contribution in [0.5, 0.6) is 11.5 Å². The molecule has 11 heteroatoms. The summed E-state index contributed by atoms with van der Waals surface area (Å²) in [6.07, 6.45) is -2.76. The summed E-state index contributed by atoms with van der Waals surface area (Å²) < 4.78 is 82.4. The lowest BCUT2D eigenvalue weighted by Crippen LogP contribution is -2.11. The highest BCUT2D eigenvalue weighted by molar-refractivity contribution is 7.90. The normalized spacial score (nSPS) is 11.9. The summed E-state index contributed by atoms with van der Waals surface area (Å²) in [5.74, 6) is -3.75. The van der Waals surface area contributed by atoms with E-state index in [1.807, 2.05) is 6.92 Å². The molecule has 0 saturated heterocycles. The first kappa shape index (κ1) is 23.5. The van der Waals surface area contributed by atoms with Crippen molar-refractivity contribution in [1.82, 2.24) is 0 Å². The lowest BCUT2D eigenvalue weighted by molar-refractivity contribution is -0.140. The first-order valence-corrected chi connectivity index (χ1v) is 10.6. The van der Waals surface area contributed by atoms with E-state index in [2.05, 4.69) is 5.32 Å². The van der Waals surface area contributed by atoms with E-state index in [0.717, 1.165) is 30.9 Å². The zero-order chi connectivity index (χ0) is 22.7. The smallest absolute Gasteiger partial charge is 0.419 e. The maximum absolute atomic E-state index is 13.6. The lowest BCUT2D eigenvalue weighted by atomic mass is 10.1. The van der Waals surface area contributed by atoms with Gasteiger partial charge in [-0.05, 0) is 36.8 Å². The molecule has 0 heterocycles. The third-order valence-corrected chi connectivity index (χ3v) is 5.11. The van der Waals surface area contributed by atoms with Crippen LogP contribution in [-0.4, -0.2) is 32.3 Å². The Morgan fingerprint density at radius 2 is 1.87 bits per heavy atom. The van der Waals surface area contributed by atoms with E-state index in [1.54, 1.807) is 0 Å². The summed E-state index contributed by atoms with van der Waals surface area (Å²) in [5, 5.41) is 12.1. The molecule has 0 aromatic heterocycles. The molecule has 0 aliphatic heterocycles. The van der Waals surface area contributed by atoms with Crippen LogP contribution >= 0.6 is 0 Å². The number of hydrogen-bond donors (Lipinski definition) is 2. The maximum Gasteiger partial charge on any atom is 0.419 e. The van der Waals surface area contributed by atoms with Crippen molar-refractivity contribution in [3.8, 4) is 11.5 Å². The number of benzene rings is 2. The predicted octanol–water partition coefficient (Wildman–Crippen LogP) is 4.95. The molecule has 2 aromatic carbocycles. The van der Waals surface area contributed by atoms with Gasteiger partial charge in [-0.1, -0.05) is 13.3 Å². The molecule has 0 fully saturated rings. The molecule has 0 amide bonds. The van der Waals surface area contributed by atoms with Crippen LogP contribution in [0.25, 0.3) is 0 Å². The molecule has 0 unspecified atom stereocenters. The average Bonchev–Trinajstić information content (AvgIpc) is 2.62. The van der Waals surface area contributed by atoms with E-state index < -0.39 is 44.0 Å². The van der Waals surface area contributed by atoms with Crippen molar-refractivity contribution in [3.63, 3.8) is 0 Å². The molecule has 2 rings (SSSR count). The number of carbonyl (C=O) groups is 1. The van der Waals surface area contributed by atoms with Crippen LogP contribution in [0.2, 0.25) is 0 Å². The fraction of sp³-hybridized carbons (Fsp3) is 0.316. The number of hydrogen-bond acceptors (Lipinski definition) is 5. The predicted molar refractivity (Wildman–Crippen MR) is 101 cm³/mol. The van der Waals surface area contributed by atoms with Gasteiger partial charge >= 0.3 is 12.1 Å². The van der Waals surface area contributed by atoms with E-state index in [1.165, 1.54) is 0 Å². The Bertz CT molecular complexity index is 1050. The van der Waals surface area contributed by atoms with Crippen molar-refractivity contribution >= 4 is 21.5 Å². The largest absolute Gasteiger partial charge is 0.478 e. The van der Waals surface area contributed by atoms with E-state index in [9.17, 15) is 35.9 Å². The van der Waals surface area contributed by atoms with Gasteiger partial charge in [0.1, 0.15) is 16.5 Å². The number of anilines is 1. The van der Waals surface area contributed by atoms with Crippen LogP contribution in [0, 0.1) is 5.82 Å². The highest BCUT2D eigenvalue weighted by Crippen LogP contribution is 2.40. The number of sulfone groups is 1. The van der Waals surface area contributed by atoms with Crippen LogP contribution < -0.4 is 10.1 Å². The van der Waals surface area contributed by atoms with E-state index >= 15 is 0 Å². The van der Waals surface area contributed by atoms with Crippen LogP contribution in [0.1, 0.15) is 35.7 Å². The zero-order valence-electron chi connectivity index (χ0n) is 16.0. The molecule has 6 nitrogen and oxygen atoms in total. The number of aromatic carboxylic acids is 1. The van der Waals surface area contributed by atoms with Crippen molar-refractivity contribution < 1.29 is 40.6 Å². The van der Waals surface area contributed by atoms with Crippen LogP contribution in [0.15, 0.2) is 35.2 Å². The van der Waals surface area contributed by atoms with Crippen molar-refractivity contribution in [2.24, 2.45) is 0 Å². The standard InChI is InChI=1S/C19H19F4NO5S/c1-3-4-7-24-15-8-11(18(25)26)9-16(30(2,27)28)17(15)29-12-5-6-14(20)13(10-12)19(21,22)23/h5-6,8-10,24H,3-4,7H2,1-2H3,(H,25,26). The molecule has 0 aliphatic rings. The van der Waals surface area contributed by atoms with Gasteiger partial charge in [0.25, 0.3) is 0 Å². The first-order valence-electron chi connectivity index (χ1n) is 8.74. The van der Waals surface area contributed by atoms with Gasteiger partial charge in [-0.3, -0.25) is 0 Å². The highest BCUT2D eigenvalue weighted by Gasteiger charge is 2.34. The molecule has 0 atom stereocenters. The van der Waals surface area contributed by atoms with E-state index in [0.29, 0.717) is 25.1 Å². The SMILES string of the molecule is CCCCNc1cc(C(=O)O)cc(S(C)(=O)=O)c1Oc1ccc(F)c(C(F)(F)F)c1. The van der Waals surface area contributed by atoms with Gasteiger partial charge in [0.2, 0.25) is 0 Å². The lowest BCUT2D eigenvalue weighted by Gasteiger charge is -2.18. The molecular formula is C19H19F4NO5S. The highest BCUT2D eigenvalue weighted by atomic mass is 32.2. The minimum atomic E-state index is -4.99. The summed E-state index contributed by atoms with van der Waals surface area (Å²) in [4.78, 5) is 10.9. The first-order chi connectivity index (χ1) is 13.8. The number of halogens is 4. The fourth-order valence-corrected chi connectivity index (χ4v) is 3.37. The van der Waals surface area contributed by atoms with Gasteiger partial charge in [-0.15, -0.1) is 0 Å². The Balaban J connectivity index is 2.66. The Kier molecular flexibility index (Phi) is 6.96. The van der Waals surface area contributed by atoms with E-state index in [-0.39, 0.29) is 17.0 Å². The number of carboxylic acid groups (broad SMARTS) is 1. The number of alkyl halides is 3. The zero-order valence-corrected chi connectivity index (χ0v) is 16.8. The Hall–Kier alpha value is -2.82. The summed E-state index contributed by atoms with van der Waals surface area (Å²) >= 11 is 0. The summed E-state index contributed by atoms with van der Waals surface area (Å²) in [7, 11) is -4.03. The summed E-state index contributed by atoms with van der Waals surface area (Å²) in [5.41, 5.74) is -1.96. The number of carboxylic acids is 1. The Morgan fingerprint density at radius 1 is 1.20 bits per heavy atom. The molecule has 164 valence electrons. The number of unbranched alkanes of at least 4 members (excludes halogenated alkanes) is 1. The minimum absolute atomic E-state index is 0.0262. The third kappa shape index (κ3) is 5.62. The number of ether oxygens (including phenoxy) is 1. The summed E-state index contributed by atoms with van der Waals surface area (Å²) in [6, 6.07) is 3.84. The van der Waals surface area contributed by atoms with Crippen molar-refractivity contribution in [2.75, 3.05) is 18.1 Å². The van der Waals surface area contributed by atoms with Crippen LogP contribution in [0.3, 0.4) is 0 Å². The van der Waals surface area contributed by atoms with Crippen molar-refractivity contribution in [3.05, 3.63) is 47.3 Å². The Labute approximate surface area is 170 Å². The fourth-order valence-electron chi connectivity index (χ4n) is 2.54. The van der Waals surface area contributed by atoms with Gasteiger partial charge in [0.05, 0.1) is 16.8 Å². The van der Waals surface area contributed by atoms with Gasteiger partial charge in [0.15, 0.2) is 15.6 Å². The Morgan fingerprint density at radius 3 is 2.40 bits per heavy atom. The van der Waals surface area contributed by atoms with Gasteiger partial charge < -0.3 is 15.2 Å². The second-order valence-corrected chi connectivity index (χ2v) is 8.43. The van der Waals surface area contributed by atoms with Crippen LogP contribution in [0.4, 0.5) is 23.2 Å². The molecule has 0 bridgehead atoms. The van der Waals surface area contributed by atoms with Gasteiger partial charge in [-0.2, -0.15) is 13.2 Å². The molecule has 2 N–H and O–H groups in total. The van der Waals surface area contributed by atoms with Crippen molar-refractivity contribution in [2.45, 2.75) is 30.8 Å². The number of nitrogens with one attached hydrogen (secondary N) is 1. The maximum atomic E-state index is 13.6. The average molecular weight is 449 g/mol. The topological polar surface area (TPSA) is 92.7 Å². The number of rotatable bonds is 8. The van der Waals surface area contributed by atoms with Gasteiger partial charge in [0, 0.05) is 12.8 Å². The van der Waals surface area contributed by atoms with Gasteiger partial charge in [-0.25, -0.2) is 17.6 Å². The molecular weight excluding hydrogens is 430 g/mol. The quantitative estimate of drug-likeness (QED) is 0.438. The minimum Gasteiger partial charge on any atom is -0.478 e. The van der Waals surface area contributed by atoms with Crippen molar-refractivity contribution in [1.29, 1.82) is 0 Å². The molecule has 0 aliphatic carbocycles. The second kappa shape index (κ2) is 8.90. The molecule has 30 heavy (non-hydrogen) atoms. The molecule has 2 aromatic rings. The van der Waals surface area contributed by atoms with E-state index in [4.69, 9.17) is 4.74 Å².